The summed E-state index contributed by atoms with van der Waals surface area (Å²) in [4.78, 5) is 14.0. The van der Waals surface area contributed by atoms with E-state index in [1.807, 2.05) is 20.9 Å². The fraction of sp³-hybridized carbons (Fsp3) is 0.533. The Morgan fingerprint density at radius 1 is 1.39 bits per heavy atom. The summed E-state index contributed by atoms with van der Waals surface area (Å²) < 4.78 is 0. The highest BCUT2D eigenvalue weighted by Crippen LogP contribution is 2.42. The molecule has 0 bridgehead atoms. The van der Waals surface area contributed by atoms with Crippen molar-refractivity contribution in [3.63, 3.8) is 0 Å². The fourth-order valence-electron chi connectivity index (χ4n) is 2.78. The molecule has 1 aliphatic rings. The third kappa shape index (κ3) is 1.74. The number of benzene rings is 1. The summed E-state index contributed by atoms with van der Waals surface area (Å²) in [5, 5.41) is 0. The second-order valence-electron chi connectivity index (χ2n) is 5.61. The van der Waals surface area contributed by atoms with E-state index >= 15 is 0 Å². The van der Waals surface area contributed by atoms with E-state index in [1.54, 1.807) is 4.90 Å². The first kappa shape index (κ1) is 13.1. The number of rotatable bonds is 3. The van der Waals surface area contributed by atoms with E-state index in [0.717, 1.165) is 17.7 Å². The molecule has 98 valence electrons. The van der Waals surface area contributed by atoms with Crippen LogP contribution in [0.1, 0.15) is 44.2 Å². The van der Waals surface area contributed by atoms with Crippen LogP contribution in [0.3, 0.4) is 0 Å². The van der Waals surface area contributed by atoms with Crippen molar-refractivity contribution in [2.24, 2.45) is 5.73 Å². The van der Waals surface area contributed by atoms with E-state index in [0.29, 0.717) is 12.5 Å². The Bertz CT molecular complexity index is 475. The van der Waals surface area contributed by atoms with Gasteiger partial charge in [-0.25, -0.2) is 0 Å². The molecular formula is C15H22N2O. The van der Waals surface area contributed by atoms with Crippen molar-refractivity contribution in [1.29, 1.82) is 0 Å². The van der Waals surface area contributed by atoms with Crippen LogP contribution in [0.15, 0.2) is 18.2 Å². The van der Waals surface area contributed by atoms with Gasteiger partial charge in [0.1, 0.15) is 0 Å². The molecule has 0 fully saturated rings. The van der Waals surface area contributed by atoms with E-state index in [1.165, 1.54) is 5.56 Å². The van der Waals surface area contributed by atoms with E-state index in [4.69, 9.17) is 5.73 Å². The maximum Gasteiger partial charge on any atom is 0.236 e. The maximum absolute atomic E-state index is 12.2. The van der Waals surface area contributed by atoms with Gasteiger partial charge in [0.25, 0.3) is 0 Å². The van der Waals surface area contributed by atoms with Gasteiger partial charge in [-0.05, 0) is 49.9 Å². The van der Waals surface area contributed by atoms with Crippen molar-refractivity contribution in [3.05, 3.63) is 29.3 Å². The van der Waals surface area contributed by atoms with Crippen molar-refractivity contribution in [2.45, 2.75) is 38.5 Å². The average molecular weight is 246 g/mol. The van der Waals surface area contributed by atoms with Gasteiger partial charge < -0.3 is 10.6 Å². The zero-order chi connectivity index (χ0) is 13.5. The lowest BCUT2D eigenvalue weighted by Crippen LogP contribution is -2.33. The highest BCUT2D eigenvalue weighted by Gasteiger charge is 2.42. The first-order valence-corrected chi connectivity index (χ1v) is 6.56. The minimum Gasteiger partial charge on any atom is -0.330 e. The van der Waals surface area contributed by atoms with Crippen LogP contribution in [0.4, 0.5) is 5.69 Å². The Morgan fingerprint density at radius 2 is 2.06 bits per heavy atom. The Morgan fingerprint density at radius 3 is 2.61 bits per heavy atom. The van der Waals surface area contributed by atoms with Crippen LogP contribution in [0.25, 0.3) is 0 Å². The van der Waals surface area contributed by atoms with Gasteiger partial charge >= 0.3 is 0 Å². The highest BCUT2D eigenvalue weighted by atomic mass is 16.2. The molecule has 0 saturated heterocycles. The average Bonchev–Trinajstić information content (AvgIpc) is 2.53. The lowest BCUT2D eigenvalue weighted by atomic mass is 9.83. The number of carbonyl (C=O) groups is 1. The minimum atomic E-state index is -0.424. The van der Waals surface area contributed by atoms with Crippen molar-refractivity contribution in [2.75, 3.05) is 18.5 Å². The lowest BCUT2D eigenvalue weighted by Gasteiger charge is -2.18. The predicted molar refractivity (Wildman–Crippen MR) is 75.0 cm³/mol. The van der Waals surface area contributed by atoms with Crippen LogP contribution in [-0.4, -0.2) is 19.5 Å². The summed E-state index contributed by atoms with van der Waals surface area (Å²) in [6, 6.07) is 6.32. The second-order valence-corrected chi connectivity index (χ2v) is 5.61. The summed E-state index contributed by atoms with van der Waals surface area (Å²) >= 11 is 0. The molecule has 1 aliphatic heterocycles. The van der Waals surface area contributed by atoms with E-state index in [2.05, 4.69) is 25.1 Å². The maximum atomic E-state index is 12.2. The second kappa shape index (κ2) is 4.39. The van der Waals surface area contributed by atoms with Gasteiger partial charge in [0.05, 0.1) is 5.41 Å². The van der Waals surface area contributed by atoms with Crippen LogP contribution >= 0.6 is 0 Å². The van der Waals surface area contributed by atoms with Gasteiger partial charge in [-0.2, -0.15) is 0 Å². The molecule has 3 nitrogen and oxygen atoms in total. The molecule has 0 aromatic heterocycles. The Kier molecular flexibility index (Phi) is 3.20. The number of fused-ring (bicyclic) bond motifs is 1. The van der Waals surface area contributed by atoms with Gasteiger partial charge in [-0.3, -0.25) is 4.79 Å². The zero-order valence-corrected chi connectivity index (χ0v) is 11.7. The smallest absolute Gasteiger partial charge is 0.236 e. The van der Waals surface area contributed by atoms with Crippen molar-refractivity contribution in [3.8, 4) is 0 Å². The van der Waals surface area contributed by atoms with Gasteiger partial charge in [-0.15, -0.1) is 0 Å². The quantitative estimate of drug-likeness (QED) is 0.890. The fourth-order valence-corrected chi connectivity index (χ4v) is 2.78. The molecule has 18 heavy (non-hydrogen) atoms. The van der Waals surface area contributed by atoms with Crippen LogP contribution in [-0.2, 0) is 10.2 Å². The van der Waals surface area contributed by atoms with Crippen LogP contribution in [0.5, 0.6) is 0 Å². The molecule has 0 saturated carbocycles. The number of hydrogen-bond acceptors (Lipinski definition) is 2. The largest absolute Gasteiger partial charge is 0.330 e. The summed E-state index contributed by atoms with van der Waals surface area (Å²) in [6.07, 6.45) is 1.03. The predicted octanol–water partition coefficient (Wildman–Crippen LogP) is 2.39. The third-order valence-corrected chi connectivity index (χ3v) is 4.14. The van der Waals surface area contributed by atoms with Crippen molar-refractivity contribution < 1.29 is 4.79 Å². The summed E-state index contributed by atoms with van der Waals surface area (Å²) in [7, 11) is 1.84. The Labute approximate surface area is 109 Å². The molecule has 2 N–H and O–H groups in total. The van der Waals surface area contributed by atoms with E-state index in [-0.39, 0.29) is 5.91 Å². The van der Waals surface area contributed by atoms with Gasteiger partial charge in [0, 0.05) is 12.7 Å². The molecule has 0 spiro atoms. The molecular weight excluding hydrogens is 224 g/mol. The molecule has 0 aliphatic carbocycles. The minimum absolute atomic E-state index is 0.162. The first-order chi connectivity index (χ1) is 8.43. The van der Waals surface area contributed by atoms with Gasteiger partial charge in [0.15, 0.2) is 0 Å². The number of carbonyl (C=O) groups excluding carboxylic acids is 1. The standard InChI is InChI=1S/C15H22N2O/c1-5-10(9-16)11-6-7-13-12(8-11)15(2,3)14(18)17(13)4/h6-8,10H,5,9,16H2,1-4H3. The number of likely N-dealkylation sites (N-methyl/N-ethyl adjacent to an activating group) is 1. The summed E-state index contributed by atoms with van der Waals surface area (Å²) in [5.74, 6) is 0.544. The van der Waals surface area contributed by atoms with Gasteiger partial charge in [0.2, 0.25) is 5.91 Å². The van der Waals surface area contributed by atoms with Crippen LogP contribution in [0, 0.1) is 0 Å². The van der Waals surface area contributed by atoms with Gasteiger partial charge in [-0.1, -0.05) is 19.1 Å². The molecule has 1 aromatic carbocycles. The third-order valence-electron chi connectivity index (χ3n) is 4.14. The number of anilines is 1. The first-order valence-electron chi connectivity index (χ1n) is 6.56. The lowest BCUT2D eigenvalue weighted by molar-refractivity contribution is -0.121. The number of nitrogens with two attached hydrogens (primary N) is 1. The normalized spacial score (nSPS) is 18.9. The number of amides is 1. The number of hydrogen-bond donors (Lipinski definition) is 1. The molecule has 1 unspecified atom stereocenters. The van der Waals surface area contributed by atoms with E-state index < -0.39 is 5.41 Å². The topological polar surface area (TPSA) is 46.3 Å². The molecule has 0 radical (unpaired) electrons. The monoisotopic (exact) mass is 246 g/mol. The van der Waals surface area contributed by atoms with Crippen LogP contribution < -0.4 is 10.6 Å². The SMILES string of the molecule is CCC(CN)c1ccc2c(c1)C(C)(C)C(=O)N2C. The van der Waals surface area contributed by atoms with Crippen LogP contribution in [0.2, 0.25) is 0 Å². The Hall–Kier alpha value is -1.35. The summed E-state index contributed by atoms with van der Waals surface area (Å²) in [5.41, 5.74) is 8.78. The van der Waals surface area contributed by atoms with Crippen molar-refractivity contribution >= 4 is 11.6 Å². The molecule has 1 aromatic rings. The van der Waals surface area contributed by atoms with E-state index in [9.17, 15) is 4.79 Å². The van der Waals surface area contributed by atoms with Crippen molar-refractivity contribution in [1.82, 2.24) is 0 Å². The molecule has 1 heterocycles. The molecule has 1 amide bonds. The number of nitrogens with zero attached hydrogens (tertiary/aromatic N) is 1. The molecule has 3 heteroatoms. The molecule has 1 atom stereocenters. The summed E-state index contributed by atoms with van der Waals surface area (Å²) in [6.45, 7) is 6.78. The zero-order valence-electron chi connectivity index (χ0n) is 11.7. The molecule has 2 rings (SSSR count). The Balaban J connectivity index is 2.51. The highest BCUT2D eigenvalue weighted by molar-refractivity contribution is 6.07.